The van der Waals surface area contributed by atoms with Gasteiger partial charge in [0.25, 0.3) is 5.91 Å². The van der Waals surface area contributed by atoms with Crippen molar-refractivity contribution in [3.63, 3.8) is 0 Å². The lowest BCUT2D eigenvalue weighted by atomic mass is 10.0. The monoisotopic (exact) mass is 352 g/mol. The lowest BCUT2D eigenvalue weighted by molar-refractivity contribution is 0.0954. The number of hydrogen-bond donors (Lipinski definition) is 2. The molecule has 1 aromatic carbocycles. The van der Waals surface area contributed by atoms with Gasteiger partial charge < -0.3 is 5.32 Å². The van der Waals surface area contributed by atoms with E-state index in [4.69, 9.17) is 0 Å². The van der Waals surface area contributed by atoms with Crippen LogP contribution in [0.2, 0.25) is 0 Å². The molecule has 7 heteroatoms. The van der Waals surface area contributed by atoms with E-state index in [0.717, 1.165) is 11.1 Å². The zero-order chi connectivity index (χ0) is 17.0. The van der Waals surface area contributed by atoms with Crippen LogP contribution in [0.1, 0.15) is 40.6 Å². The first-order chi connectivity index (χ1) is 10.8. The van der Waals surface area contributed by atoms with Crippen LogP contribution < -0.4 is 10.0 Å². The molecule has 23 heavy (non-hydrogen) atoms. The van der Waals surface area contributed by atoms with E-state index in [2.05, 4.69) is 10.0 Å². The molecule has 124 valence electrons. The number of nitrogens with one attached hydrogen (secondary N) is 2. The maximum absolute atomic E-state index is 12.3. The Morgan fingerprint density at radius 2 is 2.00 bits per heavy atom. The summed E-state index contributed by atoms with van der Waals surface area (Å²) in [5.41, 5.74) is 1.76. The molecule has 1 heterocycles. The molecule has 0 fully saturated rings. The first-order valence-corrected chi connectivity index (χ1v) is 9.59. The summed E-state index contributed by atoms with van der Waals surface area (Å²) < 4.78 is 25.9. The van der Waals surface area contributed by atoms with Crippen molar-refractivity contribution in [1.29, 1.82) is 0 Å². The van der Waals surface area contributed by atoms with Gasteiger partial charge in [0, 0.05) is 6.54 Å². The summed E-state index contributed by atoms with van der Waals surface area (Å²) in [4.78, 5) is 13.2. The molecule has 0 saturated carbocycles. The minimum absolute atomic E-state index is 0.134. The quantitative estimate of drug-likeness (QED) is 0.839. The summed E-state index contributed by atoms with van der Waals surface area (Å²) in [7, 11) is -2.11. The second-order valence-corrected chi connectivity index (χ2v) is 8.20. The summed E-state index contributed by atoms with van der Waals surface area (Å²) in [6.45, 7) is 4.37. The molecule has 0 bridgehead atoms. The maximum atomic E-state index is 12.3. The van der Waals surface area contributed by atoms with E-state index < -0.39 is 10.0 Å². The topological polar surface area (TPSA) is 75.3 Å². The second kappa shape index (κ2) is 7.25. The van der Waals surface area contributed by atoms with Crippen molar-refractivity contribution in [2.75, 3.05) is 7.05 Å². The molecule has 1 aromatic heterocycles. The number of thiophene rings is 1. The molecule has 0 saturated heterocycles. The lowest BCUT2D eigenvalue weighted by Crippen LogP contribution is -2.23. The largest absolute Gasteiger partial charge is 0.347 e. The predicted octanol–water partition coefficient (Wildman–Crippen LogP) is 2.71. The van der Waals surface area contributed by atoms with E-state index >= 15 is 0 Å². The number of benzene rings is 1. The van der Waals surface area contributed by atoms with Crippen molar-refractivity contribution < 1.29 is 13.2 Å². The van der Waals surface area contributed by atoms with Gasteiger partial charge in [0.2, 0.25) is 10.0 Å². The molecular formula is C16H20N2O3S2. The molecule has 5 nitrogen and oxygen atoms in total. The van der Waals surface area contributed by atoms with Crippen LogP contribution in [0.3, 0.4) is 0 Å². The predicted molar refractivity (Wildman–Crippen MR) is 92.3 cm³/mol. The zero-order valence-electron chi connectivity index (χ0n) is 13.3. The average molecular weight is 352 g/mol. The number of hydrogen-bond acceptors (Lipinski definition) is 4. The molecule has 2 rings (SSSR count). The van der Waals surface area contributed by atoms with Gasteiger partial charge >= 0.3 is 0 Å². The first-order valence-electron chi connectivity index (χ1n) is 7.23. The van der Waals surface area contributed by atoms with Crippen LogP contribution in [0.25, 0.3) is 0 Å². The highest BCUT2D eigenvalue weighted by Gasteiger charge is 2.16. The number of amides is 1. The van der Waals surface area contributed by atoms with Crippen LogP contribution in [0, 0.1) is 0 Å². The van der Waals surface area contributed by atoms with Crippen molar-refractivity contribution in [3.05, 3.63) is 51.7 Å². The highest BCUT2D eigenvalue weighted by molar-refractivity contribution is 7.89. The molecule has 0 aliphatic carbocycles. The Labute approximate surface area is 140 Å². The van der Waals surface area contributed by atoms with Crippen LogP contribution in [0.4, 0.5) is 0 Å². The summed E-state index contributed by atoms with van der Waals surface area (Å²) in [5.74, 6) is 0.150. The molecule has 0 unspecified atom stereocenters. The van der Waals surface area contributed by atoms with Gasteiger partial charge in [-0.15, -0.1) is 11.3 Å². The minimum Gasteiger partial charge on any atom is -0.347 e. The second-order valence-electron chi connectivity index (χ2n) is 5.40. The van der Waals surface area contributed by atoms with E-state index in [9.17, 15) is 13.2 Å². The van der Waals surface area contributed by atoms with Crippen molar-refractivity contribution in [2.45, 2.75) is 31.2 Å². The third-order valence-corrected chi connectivity index (χ3v) is 5.80. The third kappa shape index (κ3) is 4.19. The van der Waals surface area contributed by atoms with Crippen molar-refractivity contribution >= 4 is 27.3 Å². The number of carbonyl (C=O) groups excluding carboxylic acids is 1. The van der Waals surface area contributed by atoms with E-state index in [0.29, 0.717) is 4.88 Å². The summed E-state index contributed by atoms with van der Waals surface area (Å²) in [5, 5.41) is 4.76. The van der Waals surface area contributed by atoms with Gasteiger partial charge in [-0.25, -0.2) is 13.1 Å². The summed E-state index contributed by atoms with van der Waals surface area (Å²) in [6, 6.07) is 8.49. The molecule has 2 N–H and O–H groups in total. The van der Waals surface area contributed by atoms with Gasteiger partial charge in [0.1, 0.15) is 0 Å². The summed E-state index contributed by atoms with van der Waals surface area (Å²) >= 11 is 1.41. The molecule has 0 radical (unpaired) electrons. The van der Waals surface area contributed by atoms with E-state index in [1.165, 1.54) is 24.5 Å². The van der Waals surface area contributed by atoms with E-state index in [1.54, 1.807) is 18.2 Å². The number of sulfonamides is 1. The SMILES string of the molecule is CNS(=O)(=O)c1cccc(CNC(=O)c2sccc2C(C)C)c1. The highest BCUT2D eigenvalue weighted by atomic mass is 32.2. The van der Waals surface area contributed by atoms with Crippen LogP contribution in [-0.4, -0.2) is 21.4 Å². The first kappa shape index (κ1) is 17.7. The Balaban J connectivity index is 2.11. The fraction of sp³-hybridized carbons (Fsp3) is 0.312. The van der Waals surface area contributed by atoms with Crippen molar-refractivity contribution in [2.24, 2.45) is 0 Å². The van der Waals surface area contributed by atoms with Crippen LogP contribution >= 0.6 is 11.3 Å². The Morgan fingerprint density at radius 1 is 1.26 bits per heavy atom. The maximum Gasteiger partial charge on any atom is 0.261 e. The standard InChI is InChI=1S/C16H20N2O3S2/c1-11(2)14-7-8-22-15(14)16(19)18-10-12-5-4-6-13(9-12)23(20,21)17-3/h4-9,11,17H,10H2,1-3H3,(H,18,19). The smallest absolute Gasteiger partial charge is 0.261 e. The van der Waals surface area contributed by atoms with Crippen LogP contribution in [0.5, 0.6) is 0 Å². The zero-order valence-corrected chi connectivity index (χ0v) is 14.9. The molecule has 0 aliphatic heterocycles. The molecule has 0 aliphatic rings. The fourth-order valence-electron chi connectivity index (χ4n) is 2.16. The molecular weight excluding hydrogens is 332 g/mol. The van der Waals surface area contributed by atoms with Gasteiger partial charge in [-0.2, -0.15) is 0 Å². The van der Waals surface area contributed by atoms with Gasteiger partial charge in [-0.1, -0.05) is 26.0 Å². The summed E-state index contributed by atoms with van der Waals surface area (Å²) in [6.07, 6.45) is 0. The normalized spacial score (nSPS) is 11.7. The molecule has 0 spiro atoms. The third-order valence-electron chi connectivity index (χ3n) is 3.45. The Hall–Kier alpha value is -1.70. The minimum atomic E-state index is -3.48. The Kier molecular flexibility index (Phi) is 5.56. The lowest BCUT2D eigenvalue weighted by Gasteiger charge is -2.09. The van der Waals surface area contributed by atoms with Gasteiger partial charge in [0.05, 0.1) is 9.77 Å². The van der Waals surface area contributed by atoms with Crippen molar-refractivity contribution in [1.82, 2.24) is 10.0 Å². The van der Waals surface area contributed by atoms with Crippen LogP contribution in [-0.2, 0) is 16.6 Å². The van der Waals surface area contributed by atoms with Crippen molar-refractivity contribution in [3.8, 4) is 0 Å². The van der Waals surface area contributed by atoms with Crippen LogP contribution in [0.15, 0.2) is 40.6 Å². The number of carbonyl (C=O) groups is 1. The average Bonchev–Trinajstić information content (AvgIpc) is 3.03. The molecule has 0 atom stereocenters. The molecule has 2 aromatic rings. The highest BCUT2D eigenvalue weighted by Crippen LogP contribution is 2.24. The Bertz CT molecular complexity index is 795. The van der Waals surface area contributed by atoms with Gasteiger partial charge in [-0.3, -0.25) is 4.79 Å². The molecule has 1 amide bonds. The fourth-order valence-corrected chi connectivity index (χ4v) is 3.93. The number of rotatable bonds is 6. The Morgan fingerprint density at radius 3 is 2.65 bits per heavy atom. The van der Waals surface area contributed by atoms with E-state index in [1.807, 2.05) is 25.3 Å². The van der Waals surface area contributed by atoms with Gasteiger partial charge in [-0.05, 0) is 47.7 Å². The van der Waals surface area contributed by atoms with Gasteiger partial charge in [0.15, 0.2) is 0 Å². The van der Waals surface area contributed by atoms with E-state index in [-0.39, 0.29) is 23.3 Å².